The van der Waals surface area contributed by atoms with E-state index in [-0.39, 0.29) is 5.91 Å². The van der Waals surface area contributed by atoms with Crippen molar-refractivity contribution in [2.45, 2.75) is 25.8 Å². The zero-order valence-corrected chi connectivity index (χ0v) is 9.56. The van der Waals surface area contributed by atoms with E-state index in [2.05, 4.69) is 15.6 Å². The first-order chi connectivity index (χ1) is 7.25. The Bertz CT molecular complexity index is 344. The lowest BCUT2D eigenvalue weighted by atomic mass is 10.1. The first-order valence-corrected chi connectivity index (χ1v) is 6.01. The maximum Gasteiger partial charge on any atom is 0.263 e. The Kier molecular flexibility index (Phi) is 3.33. The van der Waals surface area contributed by atoms with E-state index < -0.39 is 0 Å². The van der Waals surface area contributed by atoms with Gasteiger partial charge in [0.2, 0.25) is 0 Å². The van der Waals surface area contributed by atoms with Gasteiger partial charge in [-0.25, -0.2) is 4.98 Å². The number of amides is 1. The third kappa shape index (κ3) is 2.76. The van der Waals surface area contributed by atoms with E-state index in [1.54, 1.807) is 6.20 Å². The number of thiazole rings is 1. The fourth-order valence-electron chi connectivity index (χ4n) is 1.69. The minimum atomic E-state index is 0.0208. The number of carbonyl (C=O) groups is 1. The number of hydrogen-bond acceptors (Lipinski definition) is 4. The molecule has 1 aliphatic rings. The number of nitrogens with one attached hydrogen (secondary N) is 2. The van der Waals surface area contributed by atoms with E-state index in [0.29, 0.717) is 10.9 Å². The molecule has 0 radical (unpaired) electrons. The van der Waals surface area contributed by atoms with Crippen molar-refractivity contribution in [3.8, 4) is 0 Å². The molecule has 2 rings (SSSR count). The summed E-state index contributed by atoms with van der Waals surface area (Å²) in [7, 11) is 0. The molecule has 1 amide bonds. The fourth-order valence-corrected chi connectivity index (χ4v) is 2.37. The summed E-state index contributed by atoms with van der Waals surface area (Å²) >= 11 is 1.45. The summed E-state index contributed by atoms with van der Waals surface area (Å²) in [6.45, 7) is 3.89. The SMILES string of the molecule is Cc1ncc(C(=O)NC2CCNCC2)s1. The van der Waals surface area contributed by atoms with Gasteiger partial charge in [-0.3, -0.25) is 4.79 Å². The van der Waals surface area contributed by atoms with Crippen molar-refractivity contribution in [3.63, 3.8) is 0 Å². The highest BCUT2D eigenvalue weighted by Gasteiger charge is 2.17. The van der Waals surface area contributed by atoms with Crippen molar-refractivity contribution >= 4 is 17.2 Å². The van der Waals surface area contributed by atoms with Gasteiger partial charge in [-0.1, -0.05) is 0 Å². The molecule has 0 aliphatic carbocycles. The van der Waals surface area contributed by atoms with Crippen LogP contribution in [0.2, 0.25) is 0 Å². The zero-order chi connectivity index (χ0) is 10.7. The molecule has 1 fully saturated rings. The van der Waals surface area contributed by atoms with Crippen molar-refractivity contribution in [1.29, 1.82) is 0 Å². The molecule has 5 heteroatoms. The maximum atomic E-state index is 11.8. The summed E-state index contributed by atoms with van der Waals surface area (Å²) in [5.41, 5.74) is 0. The second-order valence-electron chi connectivity index (χ2n) is 3.74. The van der Waals surface area contributed by atoms with Crippen LogP contribution in [-0.4, -0.2) is 30.0 Å². The van der Waals surface area contributed by atoms with Gasteiger partial charge in [-0.15, -0.1) is 11.3 Å². The number of nitrogens with zero attached hydrogens (tertiary/aromatic N) is 1. The Hall–Kier alpha value is -0.940. The smallest absolute Gasteiger partial charge is 0.263 e. The van der Waals surface area contributed by atoms with Gasteiger partial charge in [0.25, 0.3) is 5.91 Å². The summed E-state index contributed by atoms with van der Waals surface area (Å²) < 4.78 is 0. The molecule has 1 saturated heterocycles. The Labute approximate surface area is 93.1 Å². The van der Waals surface area contributed by atoms with Gasteiger partial charge in [-0.05, 0) is 32.9 Å². The van der Waals surface area contributed by atoms with Crippen LogP contribution in [0.1, 0.15) is 27.5 Å². The van der Waals surface area contributed by atoms with E-state index in [1.807, 2.05) is 6.92 Å². The van der Waals surface area contributed by atoms with Gasteiger partial charge < -0.3 is 10.6 Å². The Morgan fingerprint density at radius 3 is 2.93 bits per heavy atom. The van der Waals surface area contributed by atoms with Crippen molar-refractivity contribution in [2.75, 3.05) is 13.1 Å². The van der Waals surface area contributed by atoms with Crippen LogP contribution < -0.4 is 10.6 Å². The summed E-state index contributed by atoms with van der Waals surface area (Å²) in [6.07, 6.45) is 3.68. The maximum absolute atomic E-state index is 11.8. The Morgan fingerprint density at radius 1 is 1.60 bits per heavy atom. The first kappa shape index (κ1) is 10.6. The van der Waals surface area contributed by atoms with Crippen LogP contribution in [0.5, 0.6) is 0 Å². The largest absolute Gasteiger partial charge is 0.348 e. The van der Waals surface area contributed by atoms with Crippen LogP contribution in [0.4, 0.5) is 0 Å². The molecular formula is C10H15N3OS. The quantitative estimate of drug-likeness (QED) is 0.787. The average Bonchev–Trinajstić information content (AvgIpc) is 2.66. The topological polar surface area (TPSA) is 54.0 Å². The monoisotopic (exact) mass is 225 g/mol. The molecule has 1 aromatic rings. The molecule has 0 saturated carbocycles. The molecular weight excluding hydrogens is 210 g/mol. The van der Waals surface area contributed by atoms with Crippen LogP contribution in [0.15, 0.2) is 6.20 Å². The summed E-state index contributed by atoms with van der Waals surface area (Å²) in [4.78, 5) is 16.6. The van der Waals surface area contributed by atoms with Crippen LogP contribution >= 0.6 is 11.3 Å². The lowest BCUT2D eigenvalue weighted by molar-refractivity contribution is 0.0933. The number of carbonyl (C=O) groups excluding carboxylic acids is 1. The normalized spacial score (nSPS) is 17.7. The predicted molar refractivity (Wildman–Crippen MR) is 60.2 cm³/mol. The van der Waals surface area contributed by atoms with E-state index in [1.165, 1.54) is 11.3 Å². The highest BCUT2D eigenvalue weighted by molar-refractivity contribution is 7.13. The Balaban J connectivity index is 1.91. The Morgan fingerprint density at radius 2 is 2.33 bits per heavy atom. The van der Waals surface area contributed by atoms with Crippen molar-refractivity contribution in [2.24, 2.45) is 0 Å². The number of hydrogen-bond donors (Lipinski definition) is 2. The average molecular weight is 225 g/mol. The van der Waals surface area contributed by atoms with E-state index in [0.717, 1.165) is 30.9 Å². The standard InChI is InChI=1S/C10H15N3OS/c1-7-12-6-9(15-7)10(14)13-8-2-4-11-5-3-8/h6,8,11H,2-5H2,1H3,(H,13,14). The highest BCUT2D eigenvalue weighted by atomic mass is 32.1. The second-order valence-corrected chi connectivity index (χ2v) is 4.98. The van der Waals surface area contributed by atoms with Gasteiger partial charge in [-0.2, -0.15) is 0 Å². The zero-order valence-electron chi connectivity index (χ0n) is 8.75. The number of aromatic nitrogens is 1. The number of rotatable bonds is 2. The summed E-state index contributed by atoms with van der Waals surface area (Å²) in [5, 5.41) is 7.25. The molecule has 1 aliphatic heterocycles. The summed E-state index contributed by atoms with van der Waals surface area (Å²) in [5.74, 6) is 0.0208. The molecule has 0 aromatic carbocycles. The van der Waals surface area contributed by atoms with E-state index in [4.69, 9.17) is 0 Å². The third-order valence-corrected chi connectivity index (χ3v) is 3.43. The fraction of sp³-hybridized carbons (Fsp3) is 0.600. The van der Waals surface area contributed by atoms with Gasteiger partial charge in [0.15, 0.2) is 0 Å². The number of piperidine rings is 1. The van der Waals surface area contributed by atoms with Crippen LogP contribution in [0.3, 0.4) is 0 Å². The predicted octanol–water partition coefficient (Wildman–Crippen LogP) is 0.933. The second kappa shape index (κ2) is 4.72. The molecule has 2 N–H and O–H groups in total. The van der Waals surface area contributed by atoms with Crippen LogP contribution in [-0.2, 0) is 0 Å². The molecule has 0 unspecified atom stereocenters. The van der Waals surface area contributed by atoms with Crippen LogP contribution in [0.25, 0.3) is 0 Å². The van der Waals surface area contributed by atoms with E-state index >= 15 is 0 Å². The molecule has 2 heterocycles. The molecule has 1 aromatic heterocycles. The lowest BCUT2D eigenvalue weighted by Gasteiger charge is -2.23. The minimum absolute atomic E-state index is 0.0208. The molecule has 0 spiro atoms. The molecule has 0 bridgehead atoms. The van der Waals surface area contributed by atoms with Crippen LogP contribution in [0, 0.1) is 6.92 Å². The molecule has 4 nitrogen and oxygen atoms in total. The third-order valence-electron chi connectivity index (χ3n) is 2.52. The first-order valence-electron chi connectivity index (χ1n) is 5.20. The van der Waals surface area contributed by atoms with Gasteiger partial charge in [0, 0.05) is 6.04 Å². The van der Waals surface area contributed by atoms with Crippen molar-refractivity contribution in [3.05, 3.63) is 16.1 Å². The molecule has 15 heavy (non-hydrogen) atoms. The lowest BCUT2D eigenvalue weighted by Crippen LogP contribution is -2.42. The molecule has 0 atom stereocenters. The van der Waals surface area contributed by atoms with Crippen molar-refractivity contribution < 1.29 is 4.79 Å². The van der Waals surface area contributed by atoms with Crippen molar-refractivity contribution in [1.82, 2.24) is 15.6 Å². The minimum Gasteiger partial charge on any atom is -0.348 e. The highest BCUT2D eigenvalue weighted by Crippen LogP contribution is 2.12. The van der Waals surface area contributed by atoms with E-state index in [9.17, 15) is 4.79 Å². The molecule has 82 valence electrons. The van der Waals surface area contributed by atoms with Gasteiger partial charge in [0.05, 0.1) is 11.2 Å². The number of aryl methyl sites for hydroxylation is 1. The van der Waals surface area contributed by atoms with Gasteiger partial charge in [0.1, 0.15) is 4.88 Å². The summed E-state index contributed by atoms with van der Waals surface area (Å²) in [6, 6.07) is 0.321. The van der Waals surface area contributed by atoms with Gasteiger partial charge >= 0.3 is 0 Å².